The molecule has 0 aliphatic rings. The van der Waals surface area contributed by atoms with E-state index in [-0.39, 0.29) is 40.5 Å². The normalized spacial score (nSPS) is 11.9. The molecule has 160 valence electrons. The first-order valence-electron chi connectivity index (χ1n) is 9.04. The van der Waals surface area contributed by atoms with Crippen LogP contribution in [-0.2, 0) is 6.54 Å². The molecule has 2 aromatic heterocycles. The van der Waals surface area contributed by atoms with E-state index in [1.54, 1.807) is 19.2 Å². The van der Waals surface area contributed by atoms with Crippen molar-refractivity contribution in [1.82, 2.24) is 14.1 Å². The van der Waals surface area contributed by atoms with Crippen LogP contribution in [0.2, 0.25) is 0 Å². The Hall–Kier alpha value is -3.27. The zero-order valence-electron chi connectivity index (χ0n) is 16.0. The number of pyridine rings is 1. The maximum Gasteiger partial charge on any atom is 0.446 e. The molecule has 2 aromatic carbocycles. The first-order chi connectivity index (χ1) is 14.6. The van der Waals surface area contributed by atoms with Gasteiger partial charge in [-0.3, -0.25) is 9.55 Å². The molecule has 0 fully saturated rings. The third-order valence-corrected chi connectivity index (χ3v) is 5.55. The van der Waals surface area contributed by atoms with Gasteiger partial charge >= 0.3 is 11.2 Å². The predicted molar refractivity (Wildman–Crippen MR) is 109 cm³/mol. The number of halogens is 4. The van der Waals surface area contributed by atoms with E-state index in [0.29, 0.717) is 16.5 Å². The van der Waals surface area contributed by atoms with E-state index >= 15 is 0 Å². The third kappa shape index (κ3) is 4.15. The van der Waals surface area contributed by atoms with Gasteiger partial charge < -0.3 is 5.11 Å². The minimum absolute atomic E-state index is 0.0368. The van der Waals surface area contributed by atoms with Gasteiger partial charge in [0.15, 0.2) is 0 Å². The Morgan fingerprint density at radius 2 is 1.81 bits per heavy atom. The van der Waals surface area contributed by atoms with E-state index in [2.05, 4.69) is 4.98 Å². The van der Waals surface area contributed by atoms with E-state index in [9.17, 15) is 27.5 Å². The minimum atomic E-state index is -4.42. The summed E-state index contributed by atoms with van der Waals surface area (Å²) in [5, 5.41) is 11.1. The molecule has 0 saturated carbocycles. The number of benzene rings is 2. The van der Waals surface area contributed by atoms with Crippen LogP contribution < -0.4 is 5.69 Å². The molecule has 2 heterocycles. The van der Waals surface area contributed by atoms with Gasteiger partial charge in [0.1, 0.15) is 5.82 Å². The fraction of sp³-hybridized carbons (Fsp3) is 0.143. The summed E-state index contributed by atoms with van der Waals surface area (Å²) in [5.41, 5.74) is -3.32. The van der Waals surface area contributed by atoms with Crippen LogP contribution >= 0.6 is 11.8 Å². The average Bonchev–Trinajstić information content (AvgIpc) is 2.91. The van der Waals surface area contributed by atoms with Gasteiger partial charge in [0.25, 0.3) is 0 Å². The molecule has 5 nitrogen and oxygen atoms in total. The zero-order chi connectivity index (χ0) is 22.3. The van der Waals surface area contributed by atoms with Gasteiger partial charge in [0.05, 0.1) is 23.4 Å². The van der Waals surface area contributed by atoms with Gasteiger partial charge in [-0.15, -0.1) is 0 Å². The molecule has 0 aliphatic heterocycles. The predicted octanol–water partition coefficient (Wildman–Crippen LogP) is 5.00. The molecular weight excluding hydrogens is 434 g/mol. The highest BCUT2D eigenvalue weighted by molar-refractivity contribution is 8.00. The van der Waals surface area contributed by atoms with Crippen LogP contribution in [0.3, 0.4) is 0 Å². The molecular formula is C21H15F4N3O2S. The van der Waals surface area contributed by atoms with E-state index in [1.807, 2.05) is 0 Å². The van der Waals surface area contributed by atoms with E-state index < -0.39 is 17.0 Å². The summed E-state index contributed by atoms with van der Waals surface area (Å²) in [6, 6.07) is 10.9. The van der Waals surface area contributed by atoms with E-state index in [4.69, 9.17) is 0 Å². The molecule has 4 rings (SSSR count). The molecule has 0 amide bonds. The fourth-order valence-electron chi connectivity index (χ4n) is 3.34. The molecule has 31 heavy (non-hydrogen) atoms. The Kier molecular flexibility index (Phi) is 5.26. The number of thioether (sulfide) groups is 1. The first kappa shape index (κ1) is 21.0. The van der Waals surface area contributed by atoms with Crippen molar-refractivity contribution in [3.63, 3.8) is 0 Å². The van der Waals surface area contributed by atoms with Gasteiger partial charge in [0.2, 0.25) is 5.88 Å². The summed E-state index contributed by atoms with van der Waals surface area (Å²) in [7, 11) is 0. The van der Waals surface area contributed by atoms with Gasteiger partial charge in [-0.1, -0.05) is 0 Å². The van der Waals surface area contributed by atoms with Crippen LogP contribution in [0.15, 0.2) is 64.4 Å². The van der Waals surface area contributed by atoms with Crippen molar-refractivity contribution >= 4 is 22.7 Å². The summed E-state index contributed by atoms with van der Waals surface area (Å²) in [6.07, 6.45) is 1.55. The van der Waals surface area contributed by atoms with Crippen molar-refractivity contribution in [2.24, 2.45) is 0 Å². The van der Waals surface area contributed by atoms with Gasteiger partial charge in [-0.25, -0.2) is 13.8 Å². The smallest absolute Gasteiger partial charge is 0.446 e. The third-order valence-electron chi connectivity index (χ3n) is 4.81. The standard InChI is InChI=1S/C21H15F4N3O2S/c1-12-19(29)28(15-3-5-16(6-4-15)31-21(23,24)25)20(30)27(12)11-13-8-9-26-18-7-2-14(22)10-17(13)18/h2-10,29H,11H2,1H3. The number of imidazole rings is 1. The molecule has 0 unspecified atom stereocenters. The van der Waals surface area contributed by atoms with Crippen molar-refractivity contribution in [3.8, 4) is 11.6 Å². The maximum atomic E-state index is 13.7. The molecule has 0 bridgehead atoms. The Morgan fingerprint density at radius 3 is 2.48 bits per heavy atom. The second-order valence-corrected chi connectivity index (χ2v) is 7.92. The second-order valence-electron chi connectivity index (χ2n) is 6.79. The van der Waals surface area contributed by atoms with Crippen LogP contribution in [0.4, 0.5) is 17.6 Å². The fourth-order valence-corrected chi connectivity index (χ4v) is 3.88. The summed E-state index contributed by atoms with van der Waals surface area (Å²) in [5.74, 6) is -0.770. The summed E-state index contributed by atoms with van der Waals surface area (Å²) < 4.78 is 53.6. The number of fused-ring (bicyclic) bond motifs is 1. The van der Waals surface area contributed by atoms with Crippen molar-refractivity contribution in [2.75, 3.05) is 0 Å². The lowest BCUT2D eigenvalue weighted by molar-refractivity contribution is -0.0328. The van der Waals surface area contributed by atoms with Crippen molar-refractivity contribution in [2.45, 2.75) is 23.9 Å². The van der Waals surface area contributed by atoms with Crippen LogP contribution in [0.5, 0.6) is 5.88 Å². The first-order valence-corrected chi connectivity index (χ1v) is 9.86. The molecule has 0 spiro atoms. The molecule has 1 N–H and O–H groups in total. The summed E-state index contributed by atoms with van der Waals surface area (Å²) >= 11 is -0.266. The Bertz CT molecular complexity index is 1330. The van der Waals surface area contributed by atoms with Crippen molar-refractivity contribution < 1.29 is 22.7 Å². The number of hydrogen-bond acceptors (Lipinski definition) is 4. The number of alkyl halides is 3. The lowest BCUT2D eigenvalue weighted by Crippen LogP contribution is -2.24. The highest BCUT2D eigenvalue weighted by Gasteiger charge is 2.29. The lowest BCUT2D eigenvalue weighted by atomic mass is 10.1. The van der Waals surface area contributed by atoms with Gasteiger partial charge in [-0.2, -0.15) is 13.2 Å². The SMILES string of the molecule is Cc1c(O)n(-c2ccc(SC(F)(F)F)cc2)c(=O)n1Cc1ccnc2ccc(F)cc12. The summed E-state index contributed by atoms with van der Waals surface area (Å²) in [4.78, 5) is 17.2. The van der Waals surface area contributed by atoms with Gasteiger partial charge in [-0.05, 0) is 72.8 Å². The minimum Gasteiger partial charge on any atom is -0.493 e. The Balaban J connectivity index is 1.74. The topological polar surface area (TPSA) is 60.1 Å². The second kappa shape index (κ2) is 7.77. The quantitative estimate of drug-likeness (QED) is 0.352. The highest BCUT2D eigenvalue weighted by Crippen LogP contribution is 2.37. The monoisotopic (exact) mass is 449 g/mol. The zero-order valence-corrected chi connectivity index (χ0v) is 16.8. The maximum absolute atomic E-state index is 13.7. The Labute approximate surface area is 177 Å². The van der Waals surface area contributed by atoms with Crippen LogP contribution in [0.1, 0.15) is 11.3 Å². The number of aromatic hydroxyl groups is 1. The summed E-state index contributed by atoms with van der Waals surface area (Å²) in [6.45, 7) is 1.60. The molecule has 0 saturated heterocycles. The Morgan fingerprint density at radius 1 is 1.10 bits per heavy atom. The largest absolute Gasteiger partial charge is 0.493 e. The molecule has 0 aliphatic carbocycles. The van der Waals surface area contributed by atoms with Crippen molar-refractivity contribution in [1.29, 1.82) is 0 Å². The molecule has 10 heteroatoms. The van der Waals surface area contributed by atoms with Crippen LogP contribution in [-0.4, -0.2) is 24.7 Å². The van der Waals surface area contributed by atoms with Gasteiger partial charge in [0, 0.05) is 16.5 Å². The van der Waals surface area contributed by atoms with Crippen molar-refractivity contribution in [3.05, 3.63) is 82.3 Å². The van der Waals surface area contributed by atoms with E-state index in [1.165, 1.54) is 47.0 Å². The average molecular weight is 449 g/mol. The van der Waals surface area contributed by atoms with Crippen LogP contribution in [0.25, 0.3) is 16.6 Å². The lowest BCUT2D eigenvalue weighted by Gasteiger charge is -2.08. The number of rotatable bonds is 4. The number of aromatic nitrogens is 3. The highest BCUT2D eigenvalue weighted by atomic mass is 32.2. The molecule has 4 aromatic rings. The molecule has 0 atom stereocenters. The number of nitrogens with zero attached hydrogens (tertiary/aromatic N) is 3. The van der Waals surface area contributed by atoms with Crippen LogP contribution in [0, 0.1) is 12.7 Å². The number of hydrogen-bond donors (Lipinski definition) is 1. The molecule has 0 radical (unpaired) electrons. The van der Waals surface area contributed by atoms with E-state index in [0.717, 1.165) is 4.57 Å².